The summed E-state index contributed by atoms with van der Waals surface area (Å²) in [6.45, 7) is 2.07. The number of carbonyl (C=O) groups excluding carboxylic acids is 1. The lowest BCUT2D eigenvalue weighted by atomic mass is 9.99. The van der Waals surface area contributed by atoms with E-state index in [1.54, 1.807) is 11.1 Å². The Kier molecular flexibility index (Phi) is 3.07. The molecule has 0 aliphatic carbocycles. The SMILES string of the molecule is O=C(c1cn2c3c(cccc3c1=O)CC2)N1CCc2ccccc2C1. The van der Waals surface area contributed by atoms with Crippen molar-refractivity contribution in [1.29, 1.82) is 0 Å². The number of fused-ring (bicyclic) bond motifs is 1. The molecule has 0 saturated carbocycles. The van der Waals surface area contributed by atoms with Crippen molar-refractivity contribution in [2.45, 2.75) is 25.9 Å². The fraction of sp³-hybridized carbons (Fsp3) is 0.238. The predicted octanol–water partition coefficient (Wildman–Crippen LogP) is 2.76. The zero-order valence-electron chi connectivity index (χ0n) is 13.9. The molecule has 0 unspecified atom stereocenters. The van der Waals surface area contributed by atoms with Crippen LogP contribution in [0.2, 0.25) is 0 Å². The van der Waals surface area contributed by atoms with Crippen LogP contribution in [0.25, 0.3) is 10.9 Å². The van der Waals surface area contributed by atoms with Crippen LogP contribution in [0.4, 0.5) is 0 Å². The summed E-state index contributed by atoms with van der Waals surface area (Å²) in [4.78, 5) is 27.8. The van der Waals surface area contributed by atoms with E-state index in [-0.39, 0.29) is 11.3 Å². The van der Waals surface area contributed by atoms with Crippen molar-refractivity contribution in [1.82, 2.24) is 9.47 Å². The van der Waals surface area contributed by atoms with Crippen LogP contribution < -0.4 is 5.43 Å². The smallest absolute Gasteiger partial charge is 0.259 e. The standard InChI is InChI=1S/C21H18N2O2/c24-20-17-7-3-6-15-9-10-22(19(15)17)13-18(20)21(25)23-11-8-14-4-1-2-5-16(14)12-23/h1-7,13H,8-12H2. The summed E-state index contributed by atoms with van der Waals surface area (Å²) in [7, 11) is 0. The highest BCUT2D eigenvalue weighted by Crippen LogP contribution is 2.25. The quantitative estimate of drug-likeness (QED) is 0.688. The van der Waals surface area contributed by atoms with E-state index in [2.05, 4.69) is 22.8 Å². The summed E-state index contributed by atoms with van der Waals surface area (Å²) in [6, 6.07) is 14.0. The van der Waals surface area contributed by atoms with Crippen LogP contribution >= 0.6 is 0 Å². The van der Waals surface area contributed by atoms with Crippen LogP contribution in [0.15, 0.2) is 53.5 Å². The van der Waals surface area contributed by atoms with Gasteiger partial charge in [0, 0.05) is 31.2 Å². The minimum Gasteiger partial charge on any atom is -0.346 e. The number of hydrogen-bond donors (Lipinski definition) is 0. The van der Waals surface area contributed by atoms with Crippen molar-refractivity contribution in [2.24, 2.45) is 0 Å². The van der Waals surface area contributed by atoms with E-state index in [0.29, 0.717) is 24.0 Å². The molecule has 124 valence electrons. The zero-order valence-corrected chi connectivity index (χ0v) is 13.9. The molecule has 0 radical (unpaired) electrons. The average Bonchev–Trinajstić information content (AvgIpc) is 3.07. The van der Waals surface area contributed by atoms with Crippen molar-refractivity contribution in [3.05, 3.63) is 81.1 Å². The molecule has 1 amide bonds. The molecule has 2 aliphatic rings. The molecule has 4 nitrogen and oxygen atoms in total. The Balaban J connectivity index is 1.58. The van der Waals surface area contributed by atoms with Crippen molar-refractivity contribution in [3.63, 3.8) is 0 Å². The van der Waals surface area contributed by atoms with Gasteiger partial charge in [-0.1, -0.05) is 36.4 Å². The van der Waals surface area contributed by atoms with E-state index in [1.165, 1.54) is 16.7 Å². The van der Waals surface area contributed by atoms with Gasteiger partial charge in [0.15, 0.2) is 0 Å². The maximum Gasteiger partial charge on any atom is 0.259 e. The van der Waals surface area contributed by atoms with E-state index >= 15 is 0 Å². The van der Waals surface area contributed by atoms with Crippen LogP contribution in [0, 0.1) is 0 Å². The molecular weight excluding hydrogens is 312 g/mol. The van der Waals surface area contributed by atoms with Crippen LogP contribution in [0.3, 0.4) is 0 Å². The third-order valence-electron chi connectivity index (χ3n) is 5.45. The normalized spacial score (nSPS) is 15.4. The first-order chi connectivity index (χ1) is 12.2. The first-order valence-electron chi connectivity index (χ1n) is 8.73. The first-order valence-corrected chi connectivity index (χ1v) is 8.73. The van der Waals surface area contributed by atoms with Gasteiger partial charge in [0.05, 0.1) is 5.52 Å². The molecule has 0 N–H and O–H groups in total. The van der Waals surface area contributed by atoms with Gasteiger partial charge >= 0.3 is 0 Å². The van der Waals surface area contributed by atoms with Crippen LogP contribution in [-0.4, -0.2) is 21.9 Å². The molecule has 0 spiro atoms. The van der Waals surface area contributed by atoms with Gasteiger partial charge in [-0.15, -0.1) is 0 Å². The number of benzene rings is 2. The Morgan fingerprint density at radius 1 is 0.880 bits per heavy atom. The molecule has 5 rings (SSSR count). The highest BCUT2D eigenvalue weighted by atomic mass is 16.2. The number of pyridine rings is 1. The summed E-state index contributed by atoms with van der Waals surface area (Å²) in [5.41, 5.74) is 4.82. The molecular formula is C21H18N2O2. The zero-order chi connectivity index (χ0) is 17.0. The summed E-state index contributed by atoms with van der Waals surface area (Å²) < 4.78 is 2.07. The van der Waals surface area contributed by atoms with Gasteiger partial charge in [0.2, 0.25) is 5.43 Å². The Morgan fingerprint density at radius 3 is 2.52 bits per heavy atom. The third kappa shape index (κ3) is 2.14. The average molecular weight is 330 g/mol. The molecule has 1 aromatic heterocycles. The van der Waals surface area contributed by atoms with E-state index in [9.17, 15) is 9.59 Å². The van der Waals surface area contributed by atoms with Crippen molar-refractivity contribution >= 4 is 16.8 Å². The lowest BCUT2D eigenvalue weighted by molar-refractivity contribution is 0.0733. The highest BCUT2D eigenvalue weighted by molar-refractivity contribution is 5.98. The highest BCUT2D eigenvalue weighted by Gasteiger charge is 2.26. The molecule has 0 bridgehead atoms. The van der Waals surface area contributed by atoms with Gasteiger partial charge in [-0.2, -0.15) is 0 Å². The molecule has 3 heterocycles. The number of hydrogen-bond acceptors (Lipinski definition) is 2. The molecule has 3 aromatic rings. The molecule has 0 saturated heterocycles. The summed E-state index contributed by atoms with van der Waals surface area (Å²) in [5.74, 6) is -0.151. The maximum atomic E-state index is 13.1. The number of nitrogens with zero attached hydrogens (tertiary/aromatic N) is 2. The van der Waals surface area contributed by atoms with E-state index in [1.807, 2.05) is 24.3 Å². The lowest BCUT2D eigenvalue weighted by Crippen LogP contribution is -2.38. The van der Waals surface area contributed by atoms with Gasteiger partial charge in [-0.05, 0) is 35.6 Å². The lowest BCUT2D eigenvalue weighted by Gasteiger charge is -2.29. The maximum absolute atomic E-state index is 13.1. The predicted molar refractivity (Wildman–Crippen MR) is 96.8 cm³/mol. The minimum atomic E-state index is -0.151. The fourth-order valence-electron chi connectivity index (χ4n) is 4.15. The molecule has 2 aliphatic heterocycles. The second kappa shape index (κ2) is 5.31. The Labute approximate surface area is 145 Å². The van der Waals surface area contributed by atoms with Crippen LogP contribution in [0.1, 0.15) is 27.0 Å². The summed E-state index contributed by atoms with van der Waals surface area (Å²) in [5, 5.41) is 0.665. The van der Waals surface area contributed by atoms with Gasteiger partial charge in [-0.25, -0.2) is 0 Å². The number of aryl methyl sites for hydroxylation is 2. The second-order valence-electron chi connectivity index (χ2n) is 6.87. The molecule has 0 atom stereocenters. The summed E-state index contributed by atoms with van der Waals surface area (Å²) in [6.07, 6.45) is 3.53. The number of aromatic nitrogens is 1. The third-order valence-corrected chi connectivity index (χ3v) is 5.45. The largest absolute Gasteiger partial charge is 0.346 e. The fourth-order valence-corrected chi connectivity index (χ4v) is 4.15. The van der Waals surface area contributed by atoms with Crippen molar-refractivity contribution in [3.8, 4) is 0 Å². The van der Waals surface area contributed by atoms with E-state index in [0.717, 1.165) is 24.9 Å². The number of carbonyl (C=O) groups is 1. The van der Waals surface area contributed by atoms with Crippen LogP contribution in [-0.2, 0) is 25.9 Å². The minimum absolute atomic E-state index is 0.140. The number of para-hydroxylation sites is 1. The monoisotopic (exact) mass is 330 g/mol. The number of amides is 1. The van der Waals surface area contributed by atoms with E-state index in [4.69, 9.17) is 0 Å². The van der Waals surface area contributed by atoms with E-state index < -0.39 is 0 Å². The Bertz CT molecular complexity index is 1080. The topological polar surface area (TPSA) is 42.3 Å². The molecule has 4 heteroatoms. The van der Waals surface area contributed by atoms with Gasteiger partial charge in [-0.3, -0.25) is 9.59 Å². The van der Waals surface area contributed by atoms with Crippen LogP contribution in [0.5, 0.6) is 0 Å². The molecule has 25 heavy (non-hydrogen) atoms. The van der Waals surface area contributed by atoms with Gasteiger partial charge < -0.3 is 9.47 Å². The number of rotatable bonds is 1. The van der Waals surface area contributed by atoms with Crippen molar-refractivity contribution < 1.29 is 4.79 Å². The Hall–Kier alpha value is -2.88. The summed E-state index contributed by atoms with van der Waals surface area (Å²) >= 11 is 0. The van der Waals surface area contributed by atoms with Gasteiger partial charge in [0.1, 0.15) is 5.56 Å². The first kappa shape index (κ1) is 14.5. The van der Waals surface area contributed by atoms with Gasteiger partial charge in [0.25, 0.3) is 5.91 Å². The Morgan fingerprint density at radius 2 is 1.64 bits per heavy atom. The molecule has 2 aromatic carbocycles. The van der Waals surface area contributed by atoms with Crippen molar-refractivity contribution in [2.75, 3.05) is 6.54 Å². The second-order valence-corrected chi connectivity index (χ2v) is 6.87. The molecule has 0 fully saturated rings.